The molecular weight excluding hydrogens is 368 g/mol. The second-order valence-corrected chi connectivity index (χ2v) is 7.23. The summed E-state index contributed by atoms with van der Waals surface area (Å²) in [6.45, 7) is 0.588. The first-order valence-corrected chi connectivity index (χ1v) is 10.3. The number of rotatable bonds is 8. The Hall–Kier alpha value is -3.36. The molecule has 0 radical (unpaired) electrons. The quantitative estimate of drug-likeness (QED) is 0.329. The lowest BCUT2D eigenvalue weighted by Crippen LogP contribution is -2.33. The highest BCUT2D eigenvalue weighted by Crippen LogP contribution is 2.40. The smallest absolute Gasteiger partial charge is 0.143 e. The summed E-state index contributed by atoms with van der Waals surface area (Å²) in [4.78, 5) is 0. The minimum atomic E-state index is -0.670. The van der Waals surface area contributed by atoms with E-state index in [1.54, 1.807) is 7.11 Å². The minimum absolute atomic E-state index is 0.588. The first-order valence-electron chi connectivity index (χ1n) is 10.3. The molecule has 0 amide bonds. The molecular formula is C28H26O2. The van der Waals surface area contributed by atoms with Crippen molar-refractivity contribution in [2.45, 2.75) is 12.0 Å². The molecule has 4 aromatic carbocycles. The van der Waals surface area contributed by atoms with E-state index in [4.69, 9.17) is 9.47 Å². The van der Waals surface area contributed by atoms with Crippen LogP contribution in [0.5, 0.6) is 5.75 Å². The van der Waals surface area contributed by atoms with Crippen LogP contribution in [0.25, 0.3) is 0 Å². The number of ether oxygens (including phenoxy) is 2. The zero-order chi connectivity index (χ0) is 20.7. The second kappa shape index (κ2) is 9.43. The molecule has 0 aliphatic carbocycles. The average Bonchev–Trinajstić information content (AvgIpc) is 2.84. The van der Waals surface area contributed by atoms with Crippen LogP contribution in [0.3, 0.4) is 0 Å². The van der Waals surface area contributed by atoms with Crippen molar-refractivity contribution in [3.05, 3.63) is 138 Å². The third-order valence-corrected chi connectivity index (χ3v) is 5.41. The Morgan fingerprint density at radius 3 is 1.40 bits per heavy atom. The average molecular weight is 395 g/mol. The Bertz CT molecular complexity index is 930. The van der Waals surface area contributed by atoms with Crippen LogP contribution >= 0.6 is 0 Å². The van der Waals surface area contributed by atoms with Crippen molar-refractivity contribution in [2.75, 3.05) is 13.7 Å². The summed E-state index contributed by atoms with van der Waals surface area (Å²) >= 11 is 0. The largest absolute Gasteiger partial charge is 0.497 e. The van der Waals surface area contributed by atoms with Crippen molar-refractivity contribution >= 4 is 0 Å². The van der Waals surface area contributed by atoms with Crippen LogP contribution in [0.1, 0.15) is 22.3 Å². The second-order valence-electron chi connectivity index (χ2n) is 7.23. The van der Waals surface area contributed by atoms with Crippen LogP contribution in [-0.2, 0) is 16.8 Å². The lowest BCUT2D eigenvalue weighted by Gasteiger charge is -2.36. The Morgan fingerprint density at radius 1 is 0.567 bits per heavy atom. The highest BCUT2D eigenvalue weighted by molar-refractivity contribution is 5.47. The van der Waals surface area contributed by atoms with E-state index in [-0.39, 0.29) is 0 Å². The fourth-order valence-electron chi connectivity index (χ4n) is 3.88. The summed E-state index contributed by atoms with van der Waals surface area (Å²) in [5.74, 6) is 0.867. The molecule has 2 heteroatoms. The summed E-state index contributed by atoms with van der Waals surface area (Å²) in [6.07, 6.45) is 0.818. The van der Waals surface area contributed by atoms with Crippen LogP contribution in [0.4, 0.5) is 0 Å². The molecule has 0 aliphatic rings. The summed E-state index contributed by atoms with van der Waals surface area (Å²) < 4.78 is 12.1. The van der Waals surface area contributed by atoms with Gasteiger partial charge in [-0.25, -0.2) is 0 Å². The van der Waals surface area contributed by atoms with Crippen molar-refractivity contribution in [1.29, 1.82) is 0 Å². The van der Waals surface area contributed by atoms with Gasteiger partial charge in [0.1, 0.15) is 11.4 Å². The molecule has 0 fully saturated rings. The van der Waals surface area contributed by atoms with E-state index >= 15 is 0 Å². The first-order chi connectivity index (χ1) is 14.8. The molecule has 0 aromatic heterocycles. The lowest BCUT2D eigenvalue weighted by atomic mass is 9.80. The molecule has 4 aromatic rings. The Morgan fingerprint density at radius 2 is 1.00 bits per heavy atom. The van der Waals surface area contributed by atoms with Crippen LogP contribution in [0.15, 0.2) is 115 Å². The maximum absolute atomic E-state index is 6.82. The normalized spacial score (nSPS) is 11.2. The van der Waals surface area contributed by atoms with Gasteiger partial charge in [0, 0.05) is 0 Å². The summed E-state index contributed by atoms with van der Waals surface area (Å²) in [5.41, 5.74) is 3.92. The van der Waals surface area contributed by atoms with E-state index in [0.717, 1.165) is 28.9 Å². The van der Waals surface area contributed by atoms with Gasteiger partial charge in [-0.2, -0.15) is 0 Å². The van der Waals surface area contributed by atoms with Gasteiger partial charge in [-0.3, -0.25) is 0 Å². The molecule has 0 aliphatic heterocycles. The van der Waals surface area contributed by atoms with Crippen LogP contribution < -0.4 is 4.74 Å². The van der Waals surface area contributed by atoms with Gasteiger partial charge in [0.2, 0.25) is 0 Å². The number of methoxy groups -OCH3 is 1. The Labute approximate surface area is 178 Å². The van der Waals surface area contributed by atoms with E-state index in [0.29, 0.717) is 6.61 Å². The van der Waals surface area contributed by atoms with Gasteiger partial charge in [0.15, 0.2) is 0 Å². The highest BCUT2D eigenvalue weighted by Gasteiger charge is 2.37. The predicted molar refractivity (Wildman–Crippen MR) is 122 cm³/mol. The zero-order valence-corrected chi connectivity index (χ0v) is 17.2. The molecule has 30 heavy (non-hydrogen) atoms. The van der Waals surface area contributed by atoms with Gasteiger partial charge in [-0.05, 0) is 40.8 Å². The van der Waals surface area contributed by atoms with Crippen LogP contribution in [0, 0.1) is 0 Å². The molecule has 0 spiro atoms. The number of benzene rings is 4. The van der Waals surface area contributed by atoms with Crippen molar-refractivity contribution in [2.24, 2.45) is 0 Å². The standard InChI is InChI=1S/C28H26O2/c1-29-27-19-17-23(18-20-27)21-22-30-28(24-11-5-2-6-12-24,25-13-7-3-8-14-25)26-15-9-4-10-16-26/h2-20H,21-22H2,1H3. The van der Waals surface area contributed by atoms with Gasteiger partial charge >= 0.3 is 0 Å². The fraction of sp³-hybridized carbons (Fsp3) is 0.143. The van der Waals surface area contributed by atoms with Crippen molar-refractivity contribution in [3.8, 4) is 5.75 Å². The molecule has 0 N–H and O–H groups in total. The van der Waals surface area contributed by atoms with Crippen LogP contribution in [-0.4, -0.2) is 13.7 Å². The van der Waals surface area contributed by atoms with Gasteiger partial charge < -0.3 is 9.47 Å². The van der Waals surface area contributed by atoms with Gasteiger partial charge in [0.25, 0.3) is 0 Å². The van der Waals surface area contributed by atoms with Gasteiger partial charge in [-0.1, -0.05) is 103 Å². The topological polar surface area (TPSA) is 18.5 Å². The molecule has 0 atom stereocenters. The minimum Gasteiger partial charge on any atom is -0.497 e. The molecule has 0 unspecified atom stereocenters. The van der Waals surface area contributed by atoms with E-state index in [2.05, 4.69) is 84.9 Å². The van der Waals surface area contributed by atoms with Crippen molar-refractivity contribution in [1.82, 2.24) is 0 Å². The number of hydrogen-bond acceptors (Lipinski definition) is 2. The molecule has 0 heterocycles. The molecule has 0 saturated carbocycles. The summed E-state index contributed by atoms with van der Waals surface area (Å²) in [6, 6.07) is 39.6. The molecule has 0 saturated heterocycles. The predicted octanol–water partition coefficient (Wildman–Crippen LogP) is 6.25. The monoisotopic (exact) mass is 394 g/mol. The molecule has 4 rings (SSSR count). The SMILES string of the molecule is COc1ccc(CCOC(c2ccccc2)(c2ccccc2)c2ccccc2)cc1. The lowest BCUT2D eigenvalue weighted by molar-refractivity contribution is 0.0148. The van der Waals surface area contributed by atoms with Crippen LogP contribution in [0.2, 0.25) is 0 Å². The molecule has 150 valence electrons. The third kappa shape index (κ3) is 4.14. The van der Waals surface area contributed by atoms with E-state index in [1.807, 2.05) is 30.3 Å². The fourth-order valence-corrected chi connectivity index (χ4v) is 3.88. The van der Waals surface area contributed by atoms with Gasteiger partial charge in [0.05, 0.1) is 13.7 Å². The maximum atomic E-state index is 6.82. The maximum Gasteiger partial charge on any atom is 0.143 e. The van der Waals surface area contributed by atoms with Crippen molar-refractivity contribution in [3.63, 3.8) is 0 Å². The summed E-state index contributed by atoms with van der Waals surface area (Å²) in [7, 11) is 1.69. The number of hydrogen-bond donors (Lipinski definition) is 0. The Kier molecular flexibility index (Phi) is 6.26. The van der Waals surface area contributed by atoms with E-state index in [9.17, 15) is 0 Å². The molecule has 0 bridgehead atoms. The Balaban J connectivity index is 1.72. The van der Waals surface area contributed by atoms with Crippen molar-refractivity contribution < 1.29 is 9.47 Å². The highest BCUT2D eigenvalue weighted by atomic mass is 16.5. The van der Waals surface area contributed by atoms with Gasteiger partial charge in [-0.15, -0.1) is 0 Å². The first kappa shape index (κ1) is 19.9. The summed E-state index contributed by atoms with van der Waals surface area (Å²) in [5, 5.41) is 0. The van der Waals surface area contributed by atoms with E-state index < -0.39 is 5.60 Å². The zero-order valence-electron chi connectivity index (χ0n) is 17.2. The third-order valence-electron chi connectivity index (χ3n) is 5.41. The molecule has 2 nitrogen and oxygen atoms in total. The van der Waals surface area contributed by atoms with E-state index in [1.165, 1.54) is 5.56 Å².